The normalized spacial score (nSPS) is 23.8. The first kappa shape index (κ1) is 7.39. The van der Waals surface area contributed by atoms with Gasteiger partial charge in [-0.05, 0) is 18.7 Å². The molecular weight excluding hydrogens is 162 g/mol. The number of hydrogen-bond acceptors (Lipinski definition) is 2. The summed E-state index contributed by atoms with van der Waals surface area (Å²) in [5.41, 5.74) is 1.49. The van der Waals surface area contributed by atoms with Gasteiger partial charge >= 0.3 is 0 Å². The summed E-state index contributed by atoms with van der Waals surface area (Å²) < 4.78 is 5.96. The van der Waals surface area contributed by atoms with Crippen molar-refractivity contribution in [3.8, 4) is 5.75 Å². The average molecular weight is 175 g/mol. The summed E-state index contributed by atoms with van der Waals surface area (Å²) in [4.78, 5) is 2.30. The molecule has 2 aliphatic heterocycles. The first-order valence-corrected chi connectivity index (χ1v) is 4.73. The van der Waals surface area contributed by atoms with Gasteiger partial charge in [0.1, 0.15) is 11.4 Å². The number of hydrogen-bond donors (Lipinski definition) is 0. The fourth-order valence-electron chi connectivity index (χ4n) is 2.48. The molecule has 2 nitrogen and oxygen atoms in total. The highest BCUT2D eigenvalue weighted by molar-refractivity contribution is 5.40. The van der Waals surface area contributed by atoms with Gasteiger partial charge in [-0.2, -0.15) is 0 Å². The van der Waals surface area contributed by atoms with E-state index in [1.54, 1.807) is 0 Å². The molecule has 1 aromatic carbocycles. The molecule has 0 aromatic heterocycles. The van der Waals surface area contributed by atoms with Gasteiger partial charge in [0.2, 0.25) is 0 Å². The third-order valence-electron chi connectivity index (χ3n) is 2.93. The van der Waals surface area contributed by atoms with Crippen molar-refractivity contribution in [1.82, 2.24) is 4.90 Å². The quantitative estimate of drug-likeness (QED) is 0.589. The Hall–Kier alpha value is -1.02. The Morgan fingerprint density at radius 1 is 1.31 bits per heavy atom. The number of benzene rings is 1. The van der Waals surface area contributed by atoms with Crippen molar-refractivity contribution in [2.45, 2.75) is 12.0 Å². The summed E-state index contributed by atoms with van der Waals surface area (Å²) in [6.45, 7) is 2.14. The largest absolute Gasteiger partial charge is 0.484 e. The molecule has 68 valence electrons. The number of likely N-dealkylation sites (N-methyl/N-ethyl adjacent to an activating group) is 1. The maximum Gasteiger partial charge on any atom is 0.138 e. The number of fused-ring (bicyclic) bond motifs is 1. The maximum atomic E-state index is 5.96. The zero-order valence-electron chi connectivity index (χ0n) is 7.79. The average Bonchev–Trinajstić information content (AvgIpc) is 2.41. The SMILES string of the molecule is CN1CC2(Cc3ccccc3O2)C1. The molecule has 13 heavy (non-hydrogen) atoms. The molecule has 2 aliphatic rings. The molecule has 0 N–H and O–H groups in total. The minimum atomic E-state index is 0.123. The van der Waals surface area contributed by atoms with Crippen molar-refractivity contribution < 1.29 is 4.74 Å². The summed E-state index contributed by atoms with van der Waals surface area (Å²) in [5, 5.41) is 0. The highest BCUT2D eigenvalue weighted by Gasteiger charge is 2.47. The molecule has 0 unspecified atom stereocenters. The van der Waals surface area contributed by atoms with E-state index >= 15 is 0 Å². The van der Waals surface area contributed by atoms with Gasteiger partial charge in [-0.1, -0.05) is 18.2 Å². The van der Waals surface area contributed by atoms with Crippen molar-refractivity contribution in [3.63, 3.8) is 0 Å². The van der Waals surface area contributed by atoms with Gasteiger partial charge in [-0.25, -0.2) is 0 Å². The number of para-hydroxylation sites is 1. The van der Waals surface area contributed by atoms with E-state index in [0.29, 0.717) is 0 Å². The zero-order chi connectivity index (χ0) is 8.89. The summed E-state index contributed by atoms with van der Waals surface area (Å²) in [6, 6.07) is 8.37. The van der Waals surface area contributed by atoms with Crippen LogP contribution in [0.25, 0.3) is 0 Å². The minimum absolute atomic E-state index is 0.123. The number of ether oxygens (including phenoxy) is 1. The third-order valence-corrected chi connectivity index (χ3v) is 2.93. The van der Waals surface area contributed by atoms with E-state index in [2.05, 4.69) is 30.1 Å². The van der Waals surface area contributed by atoms with Gasteiger partial charge in [0.15, 0.2) is 0 Å². The first-order valence-electron chi connectivity index (χ1n) is 4.73. The van der Waals surface area contributed by atoms with Crippen molar-refractivity contribution >= 4 is 0 Å². The Morgan fingerprint density at radius 3 is 2.77 bits per heavy atom. The van der Waals surface area contributed by atoms with Gasteiger partial charge in [-0.15, -0.1) is 0 Å². The predicted octanol–water partition coefficient (Wildman–Crippen LogP) is 1.31. The van der Waals surface area contributed by atoms with E-state index in [0.717, 1.165) is 25.3 Å². The molecule has 0 aliphatic carbocycles. The van der Waals surface area contributed by atoms with Gasteiger partial charge in [0.05, 0.1) is 0 Å². The molecule has 0 bridgehead atoms. The number of rotatable bonds is 0. The minimum Gasteiger partial charge on any atom is -0.484 e. The van der Waals surface area contributed by atoms with Gasteiger partial charge in [-0.3, -0.25) is 4.90 Å². The van der Waals surface area contributed by atoms with Crippen molar-refractivity contribution in [1.29, 1.82) is 0 Å². The van der Waals surface area contributed by atoms with E-state index in [4.69, 9.17) is 4.74 Å². The molecule has 0 atom stereocenters. The van der Waals surface area contributed by atoms with Crippen LogP contribution in [0.3, 0.4) is 0 Å². The van der Waals surface area contributed by atoms with Gasteiger partial charge < -0.3 is 4.74 Å². The monoisotopic (exact) mass is 175 g/mol. The molecule has 1 saturated heterocycles. The molecule has 1 fully saturated rings. The van der Waals surface area contributed by atoms with Crippen LogP contribution in [0.1, 0.15) is 5.56 Å². The fourth-order valence-corrected chi connectivity index (χ4v) is 2.48. The van der Waals surface area contributed by atoms with E-state index in [-0.39, 0.29) is 5.60 Å². The smallest absolute Gasteiger partial charge is 0.138 e. The second-order valence-corrected chi connectivity index (χ2v) is 4.24. The first-order chi connectivity index (χ1) is 6.27. The molecule has 1 aromatic rings. The lowest BCUT2D eigenvalue weighted by Gasteiger charge is -2.44. The van der Waals surface area contributed by atoms with E-state index in [1.807, 2.05) is 6.07 Å². The zero-order valence-corrected chi connectivity index (χ0v) is 7.79. The molecule has 0 amide bonds. The molecule has 3 rings (SSSR count). The van der Waals surface area contributed by atoms with E-state index in [1.165, 1.54) is 5.56 Å². The number of nitrogens with zero attached hydrogens (tertiary/aromatic N) is 1. The second-order valence-electron chi connectivity index (χ2n) is 4.24. The lowest BCUT2D eigenvalue weighted by atomic mass is 9.90. The van der Waals surface area contributed by atoms with Crippen molar-refractivity contribution in [3.05, 3.63) is 29.8 Å². The highest BCUT2D eigenvalue weighted by Crippen LogP contribution is 2.39. The summed E-state index contributed by atoms with van der Waals surface area (Å²) in [6.07, 6.45) is 1.09. The molecular formula is C11H13NO. The van der Waals surface area contributed by atoms with Crippen LogP contribution in [0.5, 0.6) is 5.75 Å². The Morgan fingerprint density at radius 2 is 2.08 bits per heavy atom. The Kier molecular flexibility index (Phi) is 1.29. The van der Waals surface area contributed by atoms with Crippen molar-refractivity contribution in [2.24, 2.45) is 0 Å². The molecule has 1 spiro atoms. The van der Waals surface area contributed by atoms with Gasteiger partial charge in [0, 0.05) is 19.5 Å². The molecule has 0 saturated carbocycles. The maximum absolute atomic E-state index is 5.96. The molecule has 0 radical (unpaired) electrons. The molecule has 2 heteroatoms. The summed E-state index contributed by atoms with van der Waals surface area (Å²) in [7, 11) is 2.14. The van der Waals surface area contributed by atoms with Crippen LogP contribution >= 0.6 is 0 Å². The van der Waals surface area contributed by atoms with E-state index < -0.39 is 0 Å². The lowest BCUT2D eigenvalue weighted by molar-refractivity contribution is -0.0482. The standard InChI is InChI=1S/C11H13NO/c1-12-7-11(8-12)6-9-4-2-3-5-10(9)13-11/h2-5H,6-8H2,1H3. The topological polar surface area (TPSA) is 12.5 Å². The van der Waals surface area contributed by atoms with Crippen LogP contribution in [-0.4, -0.2) is 30.6 Å². The highest BCUT2D eigenvalue weighted by atomic mass is 16.5. The van der Waals surface area contributed by atoms with Crippen LogP contribution < -0.4 is 4.74 Å². The summed E-state index contributed by atoms with van der Waals surface area (Å²) in [5.74, 6) is 1.09. The predicted molar refractivity (Wildman–Crippen MR) is 51.0 cm³/mol. The van der Waals surface area contributed by atoms with Crippen LogP contribution in [-0.2, 0) is 6.42 Å². The number of likely N-dealkylation sites (tertiary alicyclic amines) is 1. The van der Waals surface area contributed by atoms with Gasteiger partial charge in [0.25, 0.3) is 0 Å². The summed E-state index contributed by atoms with van der Waals surface area (Å²) >= 11 is 0. The molecule has 2 heterocycles. The van der Waals surface area contributed by atoms with Crippen LogP contribution in [0.4, 0.5) is 0 Å². The van der Waals surface area contributed by atoms with Crippen LogP contribution in [0, 0.1) is 0 Å². The van der Waals surface area contributed by atoms with Crippen LogP contribution in [0.2, 0.25) is 0 Å². The Labute approximate surface area is 78.1 Å². The van der Waals surface area contributed by atoms with E-state index in [9.17, 15) is 0 Å². The lowest BCUT2D eigenvalue weighted by Crippen LogP contribution is -2.62. The van der Waals surface area contributed by atoms with Crippen LogP contribution in [0.15, 0.2) is 24.3 Å². The Bertz CT molecular complexity index is 315. The second kappa shape index (κ2) is 2.26. The Balaban J connectivity index is 1.90. The van der Waals surface area contributed by atoms with Crippen molar-refractivity contribution in [2.75, 3.05) is 20.1 Å². The fraction of sp³-hybridized carbons (Fsp3) is 0.455. The third kappa shape index (κ3) is 0.985.